The zero-order valence-corrected chi connectivity index (χ0v) is 9.90. The Morgan fingerprint density at radius 3 is 2.94 bits per heavy atom. The summed E-state index contributed by atoms with van der Waals surface area (Å²) in [5.41, 5.74) is 2.34. The van der Waals surface area contributed by atoms with Crippen LogP contribution < -0.4 is 9.64 Å². The summed E-state index contributed by atoms with van der Waals surface area (Å²) >= 11 is 0. The zero-order valence-electron chi connectivity index (χ0n) is 9.90. The molecule has 0 aliphatic carbocycles. The van der Waals surface area contributed by atoms with Gasteiger partial charge in [-0.2, -0.15) is 5.26 Å². The van der Waals surface area contributed by atoms with Crippen LogP contribution in [-0.4, -0.2) is 19.2 Å². The molecular formula is C13H16N2O. The average Bonchev–Trinajstić information content (AvgIpc) is 2.27. The SMILES string of the molecule is Cc1ccc2c(c1)N(C)C(C)C(CC#N)O2. The van der Waals surface area contributed by atoms with Crippen LogP contribution in [0.4, 0.5) is 5.69 Å². The summed E-state index contributed by atoms with van der Waals surface area (Å²) in [6.45, 7) is 4.16. The van der Waals surface area contributed by atoms with Crippen molar-refractivity contribution in [1.29, 1.82) is 5.26 Å². The van der Waals surface area contributed by atoms with Crippen LogP contribution in [0, 0.1) is 18.3 Å². The van der Waals surface area contributed by atoms with E-state index in [0.29, 0.717) is 6.42 Å². The molecule has 3 heteroatoms. The third kappa shape index (κ3) is 1.71. The fourth-order valence-corrected chi connectivity index (χ4v) is 2.04. The molecule has 1 aliphatic rings. The molecule has 0 spiro atoms. The fourth-order valence-electron chi connectivity index (χ4n) is 2.04. The maximum atomic E-state index is 8.77. The van der Waals surface area contributed by atoms with Gasteiger partial charge in [-0.1, -0.05) is 6.07 Å². The minimum Gasteiger partial charge on any atom is -0.485 e. The Bertz CT molecular complexity index is 436. The lowest BCUT2D eigenvalue weighted by molar-refractivity contribution is 0.165. The van der Waals surface area contributed by atoms with Crippen LogP contribution in [0.5, 0.6) is 5.75 Å². The summed E-state index contributed by atoms with van der Waals surface area (Å²) in [4.78, 5) is 2.19. The Morgan fingerprint density at radius 2 is 2.25 bits per heavy atom. The first-order valence-electron chi connectivity index (χ1n) is 5.50. The maximum absolute atomic E-state index is 8.77. The van der Waals surface area contributed by atoms with Gasteiger partial charge in [0, 0.05) is 7.05 Å². The molecule has 0 saturated carbocycles. The number of likely N-dealkylation sites (N-methyl/N-ethyl adjacent to an activating group) is 1. The second kappa shape index (κ2) is 4.05. The van der Waals surface area contributed by atoms with E-state index in [4.69, 9.17) is 10.00 Å². The lowest BCUT2D eigenvalue weighted by Gasteiger charge is -2.39. The van der Waals surface area contributed by atoms with Gasteiger partial charge in [-0.05, 0) is 31.5 Å². The first-order chi connectivity index (χ1) is 7.63. The molecule has 2 unspecified atom stereocenters. The summed E-state index contributed by atoms with van der Waals surface area (Å²) in [6.07, 6.45) is 0.393. The highest BCUT2D eigenvalue weighted by Crippen LogP contribution is 2.36. The predicted molar refractivity (Wildman–Crippen MR) is 63.7 cm³/mol. The average molecular weight is 216 g/mol. The minimum absolute atomic E-state index is 0.0368. The molecule has 1 heterocycles. The van der Waals surface area contributed by atoms with E-state index in [-0.39, 0.29) is 12.1 Å². The number of ether oxygens (including phenoxy) is 1. The first-order valence-corrected chi connectivity index (χ1v) is 5.50. The van der Waals surface area contributed by atoms with Gasteiger partial charge >= 0.3 is 0 Å². The summed E-state index contributed by atoms with van der Waals surface area (Å²) in [7, 11) is 2.05. The standard InChI is InChI=1S/C13H16N2O/c1-9-4-5-13-11(8-9)15(3)10(2)12(16-13)6-7-14/h4-5,8,10,12H,6H2,1-3H3. The lowest BCUT2D eigenvalue weighted by atomic mass is 10.0. The van der Waals surface area contributed by atoms with Crippen molar-refractivity contribution in [3.05, 3.63) is 23.8 Å². The Kier molecular flexibility index (Phi) is 2.74. The van der Waals surface area contributed by atoms with Gasteiger partial charge in [0.15, 0.2) is 0 Å². The largest absolute Gasteiger partial charge is 0.485 e. The molecule has 0 N–H and O–H groups in total. The Morgan fingerprint density at radius 1 is 1.50 bits per heavy atom. The molecule has 0 fully saturated rings. The van der Waals surface area contributed by atoms with Gasteiger partial charge in [0.05, 0.1) is 24.2 Å². The topological polar surface area (TPSA) is 36.3 Å². The van der Waals surface area contributed by atoms with E-state index < -0.39 is 0 Å². The Hall–Kier alpha value is -1.69. The second-order valence-corrected chi connectivity index (χ2v) is 4.34. The molecule has 3 nitrogen and oxygen atoms in total. The number of nitriles is 1. The summed E-state index contributed by atoms with van der Waals surface area (Å²) in [5, 5.41) is 8.77. The highest BCUT2D eigenvalue weighted by molar-refractivity contribution is 5.61. The Balaban J connectivity index is 2.37. The van der Waals surface area contributed by atoms with Gasteiger partial charge in [0.25, 0.3) is 0 Å². The van der Waals surface area contributed by atoms with Crippen LogP contribution in [0.25, 0.3) is 0 Å². The molecule has 2 atom stereocenters. The van der Waals surface area contributed by atoms with Crippen molar-refractivity contribution in [2.75, 3.05) is 11.9 Å². The number of hydrogen-bond acceptors (Lipinski definition) is 3. The molecule has 1 aromatic carbocycles. The van der Waals surface area contributed by atoms with Crippen molar-refractivity contribution < 1.29 is 4.74 Å². The number of nitrogens with zero attached hydrogens (tertiary/aromatic N) is 2. The van der Waals surface area contributed by atoms with Gasteiger partial charge < -0.3 is 9.64 Å². The van der Waals surface area contributed by atoms with E-state index in [2.05, 4.69) is 37.9 Å². The molecule has 84 valence electrons. The van der Waals surface area contributed by atoms with Gasteiger partial charge in [-0.3, -0.25) is 0 Å². The van der Waals surface area contributed by atoms with Gasteiger partial charge in [-0.15, -0.1) is 0 Å². The van der Waals surface area contributed by atoms with Crippen LogP contribution in [0.1, 0.15) is 18.9 Å². The second-order valence-electron chi connectivity index (χ2n) is 4.34. The number of aryl methyl sites for hydroxylation is 1. The maximum Gasteiger partial charge on any atom is 0.143 e. The van der Waals surface area contributed by atoms with E-state index in [0.717, 1.165) is 11.4 Å². The van der Waals surface area contributed by atoms with Crippen molar-refractivity contribution in [3.8, 4) is 11.8 Å². The summed E-state index contributed by atoms with van der Waals surface area (Å²) < 4.78 is 5.85. The molecule has 1 aliphatic heterocycles. The predicted octanol–water partition coefficient (Wildman–Crippen LogP) is 2.49. The van der Waals surface area contributed by atoms with Crippen molar-refractivity contribution >= 4 is 5.69 Å². The van der Waals surface area contributed by atoms with Gasteiger partial charge in [-0.25, -0.2) is 0 Å². The number of hydrogen-bond donors (Lipinski definition) is 0. The highest BCUT2D eigenvalue weighted by atomic mass is 16.5. The summed E-state index contributed by atoms with van der Waals surface area (Å²) in [5.74, 6) is 0.881. The molecule has 0 radical (unpaired) electrons. The van der Waals surface area contributed by atoms with E-state index in [1.54, 1.807) is 0 Å². The number of benzene rings is 1. The third-order valence-corrected chi connectivity index (χ3v) is 3.21. The summed E-state index contributed by atoms with van der Waals surface area (Å²) in [6, 6.07) is 8.55. The number of rotatable bonds is 1. The molecule has 16 heavy (non-hydrogen) atoms. The Labute approximate surface area is 96.2 Å². The molecule has 0 aromatic heterocycles. The van der Waals surface area contributed by atoms with Crippen LogP contribution in [0.3, 0.4) is 0 Å². The van der Waals surface area contributed by atoms with Crippen LogP contribution in [-0.2, 0) is 0 Å². The molecule has 0 bridgehead atoms. The fraction of sp³-hybridized carbons (Fsp3) is 0.462. The van der Waals surface area contributed by atoms with Crippen molar-refractivity contribution in [3.63, 3.8) is 0 Å². The van der Waals surface area contributed by atoms with E-state index in [1.807, 2.05) is 12.1 Å². The number of anilines is 1. The molecular weight excluding hydrogens is 200 g/mol. The van der Waals surface area contributed by atoms with Crippen LogP contribution >= 0.6 is 0 Å². The van der Waals surface area contributed by atoms with Crippen molar-refractivity contribution in [2.24, 2.45) is 0 Å². The molecule has 0 amide bonds. The lowest BCUT2D eigenvalue weighted by Crippen LogP contribution is -2.45. The minimum atomic E-state index is -0.0368. The van der Waals surface area contributed by atoms with Crippen molar-refractivity contribution in [1.82, 2.24) is 0 Å². The van der Waals surface area contributed by atoms with Crippen LogP contribution in [0.15, 0.2) is 18.2 Å². The normalized spacial score (nSPS) is 23.2. The van der Waals surface area contributed by atoms with Crippen molar-refractivity contribution in [2.45, 2.75) is 32.4 Å². The van der Waals surface area contributed by atoms with Crippen LogP contribution in [0.2, 0.25) is 0 Å². The van der Waals surface area contributed by atoms with Gasteiger partial charge in [0.2, 0.25) is 0 Å². The highest BCUT2D eigenvalue weighted by Gasteiger charge is 2.30. The molecule has 2 rings (SSSR count). The monoisotopic (exact) mass is 216 g/mol. The van der Waals surface area contributed by atoms with E-state index in [9.17, 15) is 0 Å². The zero-order chi connectivity index (χ0) is 11.7. The first kappa shape index (κ1) is 10.8. The third-order valence-electron chi connectivity index (χ3n) is 3.21. The smallest absolute Gasteiger partial charge is 0.143 e. The van der Waals surface area contributed by atoms with E-state index in [1.165, 1.54) is 5.56 Å². The van der Waals surface area contributed by atoms with E-state index >= 15 is 0 Å². The molecule has 1 aromatic rings. The number of fused-ring (bicyclic) bond motifs is 1. The van der Waals surface area contributed by atoms with Gasteiger partial charge in [0.1, 0.15) is 11.9 Å². The molecule has 0 saturated heterocycles. The quantitative estimate of drug-likeness (QED) is 0.723.